The summed E-state index contributed by atoms with van der Waals surface area (Å²) in [6.07, 6.45) is -3.91. The van der Waals surface area contributed by atoms with Gasteiger partial charge in [0.15, 0.2) is 6.61 Å². The van der Waals surface area contributed by atoms with Gasteiger partial charge in [0.25, 0.3) is 5.92 Å². The highest BCUT2D eigenvalue weighted by Crippen LogP contribution is 2.34. The van der Waals surface area contributed by atoms with Crippen molar-refractivity contribution in [2.45, 2.75) is 22.0 Å². The summed E-state index contributed by atoms with van der Waals surface area (Å²) in [4.78, 5) is 15.9. The van der Waals surface area contributed by atoms with Gasteiger partial charge in [-0.3, -0.25) is 0 Å². The molecule has 11 heteroatoms. The number of halogens is 6. The van der Waals surface area contributed by atoms with Gasteiger partial charge >= 0.3 is 12.1 Å². The molecule has 0 aliphatic carbocycles. The van der Waals surface area contributed by atoms with Gasteiger partial charge in [-0.1, -0.05) is 59.8 Å². The molecule has 4 aromatic rings. The van der Waals surface area contributed by atoms with Crippen molar-refractivity contribution in [3.05, 3.63) is 130 Å². The highest BCUT2D eigenvalue weighted by Gasteiger charge is 2.30. The lowest BCUT2D eigenvalue weighted by atomic mass is 10.1. The Balaban J connectivity index is 1.66. The lowest BCUT2D eigenvalue weighted by Gasteiger charge is -2.10. The predicted octanol–water partition coefficient (Wildman–Crippen LogP) is 8.45. The molecule has 44 heavy (non-hydrogen) atoms. The number of alkyl halides is 5. The molecule has 1 aromatic heterocycles. The average molecular weight is 640 g/mol. The molecule has 0 unspecified atom stereocenters. The zero-order valence-corrected chi connectivity index (χ0v) is 24.0. The lowest BCUT2D eigenvalue weighted by Crippen LogP contribution is -2.09. The topological polar surface area (TPSA) is 59.4 Å². The molecule has 0 spiro atoms. The number of rotatable bonds is 7. The van der Waals surface area contributed by atoms with Gasteiger partial charge in [0.05, 0.1) is 10.6 Å². The molecule has 0 saturated carbocycles. The second kappa shape index (κ2) is 13.7. The van der Waals surface area contributed by atoms with Crippen molar-refractivity contribution in [3.8, 4) is 29.4 Å². The zero-order valence-electron chi connectivity index (χ0n) is 22.4. The number of carbonyl (C=O) groups is 1. The van der Waals surface area contributed by atoms with Crippen LogP contribution in [0.2, 0.25) is 5.02 Å². The SMILES string of the molecule is C=CC(F)(F)c1ccc(C#Cc2cc(C#Cc3ccc(C(F)(F)F)cc3)nc(Sc3ccc(OCC(=O)O)c(Cl)c3)c2)cc1. The molecule has 0 saturated heterocycles. The van der Waals surface area contributed by atoms with Crippen LogP contribution in [0.5, 0.6) is 5.75 Å². The molecule has 0 amide bonds. The van der Waals surface area contributed by atoms with Gasteiger partial charge in [0.1, 0.15) is 16.5 Å². The van der Waals surface area contributed by atoms with Gasteiger partial charge in [0.2, 0.25) is 0 Å². The lowest BCUT2D eigenvalue weighted by molar-refractivity contribution is -0.139. The quantitative estimate of drug-likeness (QED) is 0.125. The molecular formula is C33H19ClF5NO3S. The van der Waals surface area contributed by atoms with Crippen LogP contribution in [0, 0.1) is 23.7 Å². The highest BCUT2D eigenvalue weighted by atomic mass is 35.5. The summed E-state index contributed by atoms with van der Waals surface area (Å²) >= 11 is 7.44. The maximum absolute atomic E-state index is 13.9. The van der Waals surface area contributed by atoms with E-state index in [2.05, 4.69) is 35.2 Å². The number of benzene rings is 3. The number of allylic oxidation sites excluding steroid dienone is 1. The Morgan fingerprint density at radius 3 is 2.02 bits per heavy atom. The van der Waals surface area contributed by atoms with Crippen molar-refractivity contribution in [1.29, 1.82) is 0 Å². The van der Waals surface area contributed by atoms with Crippen molar-refractivity contribution in [1.82, 2.24) is 4.98 Å². The number of aliphatic carboxylic acids is 1. The molecule has 4 rings (SSSR count). The summed E-state index contributed by atoms with van der Waals surface area (Å²) in [7, 11) is 0. The first-order valence-corrected chi connectivity index (χ1v) is 13.7. The van der Waals surface area contributed by atoms with Crippen molar-refractivity contribution in [2.24, 2.45) is 0 Å². The number of pyridine rings is 1. The van der Waals surface area contributed by atoms with Crippen molar-refractivity contribution < 1.29 is 36.6 Å². The first kappa shape index (κ1) is 32.2. The van der Waals surface area contributed by atoms with E-state index in [0.717, 1.165) is 12.1 Å². The van der Waals surface area contributed by atoms with Crippen molar-refractivity contribution >= 4 is 29.3 Å². The second-order valence-electron chi connectivity index (χ2n) is 8.94. The van der Waals surface area contributed by atoms with Crippen LogP contribution in [0.1, 0.15) is 33.5 Å². The van der Waals surface area contributed by atoms with Crippen LogP contribution in [-0.4, -0.2) is 22.7 Å². The molecule has 0 radical (unpaired) electrons. The maximum Gasteiger partial charge on any atom is 0.416 e. The molecule has 0 atom stereocenters. The average Bonchev–Trinajstić information content (AvgIpc) is 2.98. The van der Waals surface area contributed by atoms with E-state index in [-0.39, 0.29) is 22.0 Å². The number of aromatic nitrogens is 1. The fourth-order valence-corrected chi connectivity index (χ4v) is 4.72. The standard InChI is InChI=1S/C33H19ClF5NO3S/c1-2-32(35,36)24-10-5-21(6-11-24)3-4-23-17-26(14-9-22-7-12-25(13-8-22)33(37,38)39)40-30(18-23)44-27-15-16-29(28(34)19-27)43-20-31(41)42/h2,5-8,10-13,15-19H,1,20H2,(H,41,42). The Morgan fingerprint density at radius 1 is 0.864 bits per heavy atom. The third-order valence-electron chi connectivity index (χ3n) is 5.70. The summed E-state index contributed by atoms with van der Waals surface area (Å²) in [5.74, 6) is 7.37. The molecule has 0 bridgehead atoms. The van der Waals surface area contributed by atoms with Gasteiger partial charge in [0, 0.05) is 27.1 Å². The maximum atomic E-state index is 13.9. The van der Waals surface area contributed by atoms with Gasteiger partial charge in [-0.05, 0) is 78.7 Å². The van der Waals surface area contributed by atoms with E-state index < -0.39 is 30.2 Å². The molecular weight excluding hydrogens is 621 g/mol. The van der Waals surface area contributed by atoms with Gasteiger partial charge in [-0.25, -0.2) is 9.78 Å². The largest absolute Gasteiger partial charge is 0.480 e. The summed E-state index contributed by atoms with van der Waals surface area (Å²) in [6, 6.07) is 17.8. The Bertz CT molecular complexity index is 1820. The van der Waals surface area contributed by atoms with Crippen LogP contribution in [0.3, 0.4) is 0 Å². The Hall–Kier alpha value is -4.77. The van der Waals surface area contributed by atoms with Crippen molar-refractivity contribution in [3.63, 3.8) is 0 Å². The van der Waals surface area contributed by atoms with E-state index in [9.17, 15) is 26.7 Å². The van der Waals surface area contributed by atoms with Crippen LogP contribution in [0.25, 0.3) is 0 Å². The number of hydrogen-bond acceptors (Lipinski definition) is 4. The first-order valence-electron chi connectivity index (χ1n) is 12.5. The Kier molecular flexibility index (Phi) is 10.00. The van der Waals surface area contributed by atoms with E-state index in [1.807, 2.05) is 0 Å². The smallest absolute Gasteiger partial charge is 0.416 e. The fourth-order valence-electron chi connectivity index (χ4n) is 3.53. The molecule has 0 aliphatic heterocycles. The minimum absolute atomic E-state index is 0.181. The molecule has 3 aromatic carbocycles. The number of carboxylic acid groups (broad SMARTS) is 1. The highest BCUT2D eigenvalue weighted by molar-refractivity contribution is 7.99. The van der Waals surface area contributed by atoms with Gasteiger partial charge in [-0.2, -0.15) is 22.0 Å². The molecule has 222 valence electrons. The van der Waals surface area contributed by atoms with Gasteiger partial charge in [-0.15, -0.1) is 0 Å². The zero-order chi connectivity index (χ0) is 31.9. The van der Waals surface area contributed by atoms with E-state index >= 15 is 0 Å². The Morgan fingerprint density at radius 2 is 1.45 bits per heavy atom. The molecule has 1 N–H and O–H groups in total. The van der Waals surface area contributed by atoms with Crippen LogP contribution in [-0.2, 0) is 16.9 Å². The van der Waals surface area contributed by atoms with Crippen LogP contribution < -0.4 is 4.74 Å². The third kappa shape index (κ3) is 8.87. The van der Waals surface area contributed by atoms with Crippen LogP contribution in [0.15, 0.2) is 101 Å². The molecule has 0 fully saturated rings. The second-order valence-corrected chi connectivity index (χ2v) is 10.4. The number of carboxylic acids is 1. The third-order valence-corrected chi connectivity index (χ3v) is 6.91. The summed E-state index contributed by atoms with van der Waals surface area (Å²) in [6.45, 7) is 2.59. The molecule has 4 nitrogen and oxygen atoms in total. The number of ether oxygens (including phenoxy) is 1. The summed E-state index contributed by atoms with van der Waals surface area (Å²) in [5.41, 5.74) is 0.544. The predicted molar refractivity (Wildman–Crippen MR) is 157 cm³/mol. The van der Waals surface area contributed by atoms with E-state index in [4.69, 9.17) is 21.4 Å². The van der Waals surface area contributed by atoms with E-state index in [1.54, 1.807) is 24.3 Å². The fraction of sp³-hybridized carbons (Fsp3) is 0.0909. The monoisotopic (exact) mass is 639 g/mol. The Labute approximate surface area is 258 Å². The minimum Gasteiger partial charge on any atom is -0.480 e. The van der Waals surface area contributed by atoms with Crippen LogP contribution >= 0.6 is 23.4 Å². The van der Waals surface area contributed by atoms with E-state index in [1.165, 1.54) is 54.2 Å². The normalized spacial score (nSPS) is 11.0. The molecule has 0 aliphatic rings. The van der Waals surface area contributed by atoms with E-state index in [0.29, 0.717) is 32.7 Å². The summed E-state index contributed by atoms with van der Waals surface area (Å²) in [5, 5.41) is 9.45. The van der Waals surface area contributed by atoms with Gasteiger partial charge < -0.3 is 9.84 Å². The molecule has 1 heterocycles. The summed E-state index contributed by atoms with van der Waals surface area (Å²) < 4.78 is 71.6. The number of hydrogen-bond donors (Lipinski definition) is 1. The van der Waals surface area contributed by atoms with Crippen molar-refractivity contribution in [2.75, 3.05) is 6.61 Å². The first-order chi connectivity index (χ1) is 20.8. The van der Waals surface area contributed by atoms with Crippen LogP contribution in [0.4, 0.5) is 22.0 Å². The number of nitrogens with zero attached hydrogens (tertiary/aromatic N) is 1. The minimum atomic E-state index is -4.47.